The minimum atomic E-state index is -4.96. The number of hydrogen-bond acceptors (Lipinski definition) is 15. The molecule has 0 spiro atoms. The Balaban J connectivity index is 5.18. The van der Waals surface area contributed by atoms with Crippen molar-refractivity contribution in [1.29, 1.82) is 0 Å². The van der Waals surface area contributed by atoms with Crippen LogP contribution in [0.3, 0.4) is 0 Å². The smallest absolute Gasteiger partial charge is 0.462 e. The molecule has 0 aromatic rings. The molecule has 0 aromatic heterocycles. The molecule has 3 N–H and O–H groups in total. The van der Waals surface area contributed by atoms with Crippen molar-refractivity contribution in [2.75, 3.05) is 39.6 Å². The number of aliphatic hydroxyl groups excluding tert-OH is 1. The van der Waals surface area contributed by atoms with Crippen molar-refractivity contribution >= 4 is 39.5 Å². The van der Waals surface area contributed by atoms with E-state index in [9.17, 15) is 43.2 Å². The summed E-state index contributed by atoms with van der Waals surface area (Å²) >= 11 is 0. The molecule has 6 atom stereocenters. The van der Waals surface area contributed by atoms with Crippen molar-refractivity contribution in [3.63, 3.8) is 0 Å². The molecule has 0 aliphatic rings. The van der Waals surface area contributed by atoms with E-state index < -0.39 is 97.5 Å². The van der Waals surface area contributed by atoms with Gasteiger partial charge in [0.05, 0.1) is 26.4 Å². The molecule has 0 aromatic carbocycles. The SMILES string of the molecule is CCC(C)CCCCCCCCCCC(=O)OC[C@H](COP(=O)(O)OCC(O)COP(=O)(O)OC[C@@H](COC(=O)CCCCCCCCC(C)C)OC(=O)CCCCCCCCCCCCCCCCCC(C)C)OC(=O)CCCCCCCCCCCCCCCCCCCCC(C)C. The number of phosphoric acid groups is 2. The average molecular weight is 1470 g/mol. The van der Waals surface area contributed by atoms with Gasteiger partial charge in [-0.05, 0) is 49.4 Å². The molecule has 0 fully saturated rings. The van der Waals surface area contributed by atoms with Crippen LogP contribution in [-0.4, -0.2) is 96.7 Å². The van der Waals surface area contributed by atoms with Gasteiger partial charge in [-0.3, -0.25) is 37.3 Å². The Morgan fingerprint density at radius 1 is 0.280 bits per heavy atom. The Bertz CT molecular complexity index is 1960. The lowest BCUT2D eigenvalue weighted by Crippen LogP contribution is -2.30. The highest BCUT2D eigenvalue weighted by Gasteiger charge is 2.30. The van der Waals surface area contributed by atoms with Gasteiger partial charge >= 0.3 is 39.5 Å². The van der Waals surface area contributed by atoms with E-state index in [1.54, 1.807) is 0 Å². The van der Waals surface area contributed by atoms with Crippen molar-refractivity contribution in [2.24, 2.45) is 23.7 Å². The van der Waals surface area contributed by atoms with E-state index in [1.165, 1.54) is 212 Å². The largest absolute Gasteiger partial charge is 0.472 e. The molecule has 0 rings (SSSR count). The van der Waals surface area contributed by atoms with Gasteiger partial charge in [-0.15, -0.1) is 0 Å². The number of rotatable bonds is 78. The first-order chi connectivity index (χ1) is 48.1. The van der Waals surface area contributed by atoms with E-state index in [1.807, 2.05) is 0 Å². The summed E-state index contributed by atoms with van der Waals surface area (Å²) in [5.41, 5.74) is 0. The molecule has 0 saturated heterocycles. The van der Waals surface area contributed by atoms with Gasteiger partial charge in [-0.1, -0.05) is 364 Å². The van der Waals surface area contributed by atoms with Gasteiger partial charge in [0.1, 0.15) is 19.3 Å². The summed E-state index contributed by atoms with van der Waals surface area (Å²) in [6, 6.07) is 0. The minimum Gasteiger partial charge on any atom is -0.462 e. The van der Waals surface area contributed by atoms with Crippen molar-refractivity contribution in [1.82, 2.24) is 0 Å². The van der Waals surface area contributed by atoms with Crippen LogP contribution in [-0.2, 0) is 65.4 Å². The molecule has 0 bridgehead atoms. The van der Waals surface area contributed by atoms with E-state index in [4.69, 9.17) is 37.0 Å². The fourth-order valence-corrected chi connectivity index (χ4v) is 14.0. The highest BCUT2D eigenvalue weighted by atomic mass is 31.2. The maximum Gasteiger partial charge on any atom is 0.472 e. The van der Waals surface area contributed by atoms with Crippen LogP contribution in [0.4, 0.5) is 0 Å². The molecule has 0 radical (unpaired) electrons. The van der Waals surface area contributed by atoms with Crippen LogP contribution in [0, 0.1) is 23.7 Å². The molecule has 4 unspecified atom stereocenters. The molecular formula is C81H158O17P2. The molecule has 0 saturated carbocycles. The summed E-state index contributed by atoms with van der Waals surface area (Å²) in [5.74, 6) is 0.963. The van der Waals surface area contributed by atoms with Crippen molar-refractivity contribution in [3.8, 4) is 0 Å². The summed E-state index contributed by atoms with van der Waals surface area (Å²) in [6.45, 7) is 14.2. The summed E-state index contributed by atoms with van der Waals surface area (Å²) in [7, 11) is -9.92. The molecule has 0 amide bonds. The van der Waals surface area contributed by atoms with Gasteiger partial charge in [0.15, 0.2) is 12.2 Å². The second-order valence-electron chi connectivity index (χ2n) is 30.8. The fourth-order valence-electron chi connectivity index (χ4n) is 12.4. The molecule has 0 heterocycles. The number of hydrogen-bond donors (Lipinski definition) is 3. The summed E-state index contributed by atoms with van der Waals surface area (Å²) in [6.07, 6.45) is 57.1. The zero-order chi connectivity index (χ0) is 73.8. The van der Waals surface area contributed by atoms with Crippen LogP contribution in [0.25, 0.3) is 0 Å². The number of phosphoric ester groups is 2. The van der Waals surface area contributed by atoms with Crippen LogP contribution < -0.4 is 0 Å². The number of carbonyl (C=O) groups excluding carboxylic acids is 4. The van der Waals surface area contributed by atoms with Crippen LogP contribution in [0.2, 0.25) is 0 Å². The summed E-state index contributed by atoms with van der Waals surface area (Å²) < 4.78 is 68.7. The predicted molar refractivity (Wildman–Crippen MR) is 409 cm³/mol. The number of esters is 4. The molecule has 19 heteroatoms. The van der Waals surface area contributed by atoms with Gasteiger partial charge in [0, 0.05) is 25.7 Å². The number of ether oxygens (including phenoxy) is 4. The van der Waals surface area contributed by atoms with E-state index in [-0.39, 0.29) is 25.7 Å². The molecular weight excluding hydrogens is 1310 g/mol. The Labute approximate surface area is 613 Å². The van der Waals surface area contributed by atoms with Gasteiger partial charge in [-0.25, -0.2) is 9.13 Å². The fraction of sp³-hybridized carbons (Fsp3) is 0.951. The van der Waals surface area contributed by atoms with Gasteiger partial charge in [0.25, 0.3) is 0 Å². The average Bonchev–Trinajstić information content (AvgIpc) is 0.991. The lowest BCUT2D eigenvalue weighted by atomic mass is 9.99. The first-order valence-electron chi connectivity index (χ1n) is 41.7. The van der Waals surface area contributed by atoms with Crippen molar-refractivity contribution < 1.29 is 80.2 Å². The lowest BCUT2D eigenvalue weighted by Gasteiger charge is -2.21. The summed E-state index contributed by atoms with van der Waals surface area (Å²) in [5, 5.41) is 10.6. The van der Waals surface area contributed by atoms with E-state index in [0.717, 1.165) is 114 Å². The maximum absolute atomic E-state index is 13.1. The quantitative estimate of drug-likeness (QED) is 0.0222. The molecule has 17 nitrogen and oxygen atoms in total. The summed E-state index contributed by atoms with van der Waals surface area (Å²) in [4.78, 5) is 72.9. The highest BCUT2D eigenvalue weighted by Crippen LogP contribution is 2.45. The highest BCUT2D eigenvalue weighted by molar-refractivity contribution is 7.47. The number of aliphatic hydroxyl groups is 1. The third-order valence-corrected chi connectivity index (χ3v) is 21.1. The van der Waals surface area contributed by atoms with Crippen LogP contribution in [0.15, 0.2) is 0 Å². The van der Waals surface area contributed by atoms with Crippen molar-refractivity contribution in [2.45, 2.75) is 433 Å². The van der Waals surface area contributed by atoms with E-state index >= 15 is 0 Å². The Hall–Kier alpha value is -1.94. The third kappa shape index (κ3) is 73.0. The van der Waals surface area contributed by atoms with Crippen LogP contribution >= 0.6 is 15.6 Å². The first kappa shape index (κ1) is 98.1. The first-order valence-corrected chi connectivity index (χ1v) is 44.7. The second kappa shape index (κ2) is 70.1. The monoisotopic (exact) mass is 1470 g/mol. The standard InChI is InChI=1S/C81H158O17P2/c1-9-74(8)60-52-44-35-31-32-36-45-53-61-78(83)91-67-76(97-80(85)63-55-47-37-29-25-21-17-13-11-10-12-15-19-23-27-33-41-49-57-71(2)3)69-95-99(87,88)93-65-75(82)66-94-100(89,90)96-70-77(68-92-79(84)62-54-46-40-39-43-51-59-73(6)7)98-81(86)64-56-48-38-30-26-22-18-14-16-20-24-28-34-42-50-58-72(4)5/h71-77,82H,9-70H2,1-8H3,(H,87,88)(H,89,90)/t74?,75?,76-,77-/m1/s1. The number of unbranched alkanes of at least 4 members (excludes halogenated alkanes) is 43. The minimum absolute atomic E-state index is 0.106. The molecule has 0 aliphatic carbocycles. The van der Waals surface area contributed by atoms with Crippen LogP contribution in [0.5, 0.6) is 0 Å². The number of carbonyl (C=O) groups is 4. The normalized spacial score (nSPS) is 14.3. The zero-order valence-electron chi connectivity index (χ0n) is 65.8. The molecule has 594 valence electrons. The molecule has 0 aliphatic heterocycles. The Kier molecular flexibility index (Phi) is 68.7. The van der Waals surface area contributed by atoms with Gasteiger partial charge in [-0.2, -0.15) is 0 Å². The van der Waals surface area contributed by atoms with Crippen LogP contribution in [0.1, 0.15) is 415 Å². The predicted octanol–water partition coefficient (Wildman–Crippen LogP) is 24.0. The third-order valence-electron chi connectivity index (χ3n) is 19.2. The second-order valence-corrected chi connectivity index (χ2v) is 33.7. The maximum atomic E-state index is 13.1. The Morgan fingerprint density at radius 2 is 0.480 bits per heavy atom. The van der Waals surface area contributed by atoms with Crippen molar-refractivity contribution in [3.05, 3.63) is 0 Å². The van der Waals surface area contributed by atoms with E-state index in [0.29, 0.717) is 31.6 Å². The van der Waals surface area contributed by atoms with Gasteiger partial charge in [0.2, 0.25) is 0 Å². The zero-order valence-corrected chi connectivity index (χ0v) is 67.6. The lowest BCUT2D eigenvalue weighted by molar-refractivity contribution is -0.161. The van der Waals surface area contributed by atoms with Gasteiger partial charge < -0.3 is 33.8 Å². The molecule has 100 heavy (non-hydrogen) atoms. The van der Waals surface area contributed by atoms with E-state index in [2.05, 4.69) is 55.4 Å². The Morgan fingerprint density at radius 3 is 0.710 bits per heavy atom. The topological polar surface area (TPSA) is 237 Å².